The monoisotopic (exact) mass is 230 g/mol. The number of unbranched alkanes of at least 4 members (excludes halogenated alkanes) is 1. The van der Waals surface area contributed by atoms with Gasteiger partial charge < -0.3 is 20.4 Å². The summed E-state index contributed by atoms with van der Waals surface area (Å²) in [4.78, 5) is 23.3. The molecule has 1 atom stereocenters. The van der Waals surface area contributed by atoms with Crippen LogP contribution in [-0.2, 0) is 4.79 Å². The Hall–Kier alpha value is -1.56. The summed E-state index contributed by atoms with van der Waals surface area (Å²) in [6, 6.07) is -1.76. The van der Waals surface area contributed by atoms with Crippen LogP contribution in [0.5, 0.6) is 0 Å². The molecular formula is C10H18N2O4. The van der Waals surface area contributed by atoms with Crippen LogP contribution >= 0.6 is 0 Å². The third kappa shape index (κ3) is 5.35. The first-order valence-electron chi connectivity index (χ1n) is 4.99. The lowest BCUT2D eigenvalue weighted by atomic mass is 10.3. The van der Waals surface area contributed by atoms with Crippen molar-refractivity contribution in [2.24, 2.45) is 0 Å². The quantitative estimate of drug-likeness (QED) is 0.425. The minimum absolute atomic E-state index is 0.509. The number of aliphatic carboxylic acids is 1. The lowest BCUT2D eigenvalue weighted by Gasteiger charge is -2.20. The molecule has 0 heterocycles. The highest BCUT2D eigenvalue weighted by Crippen LogP contribution is 1.95. The summed E-state index contributed by atoms with van der Waals surface area (Å²) in [7, 11) is 1.56. The molecule has 0 aliphatic rings. The Morgan fingerprint density at radius 3 is 2.62 bits per heavy atom. The third-order valence-electron chi connectivity index (χ3n) is 2.03. The van der Waals surface area contributed by atoms with Crippen molar-refractivity contribution in [2.75, 3.05) is 20.2 Å². The molecule has 0 aromatic heterocycles. The molecule has 0 radical (unpaired) electrons. The Balaban J connectivity index is 4.02. The van der Waals surface area contributed by atoms with Gasteiger partial charge in [0.1, 0.15) is 0 Å². The zero-order valence-electron chi connectivity index (χ0n) is 9.35. The maximum Gasteiger partial charge on any atom is 0.328 e. The van der Waals surface area contributed by atoms with E-state index in [-0.39, 0.29) is 0 Å². The number of nitrogens with one attached hydrogen (secondary N) is 1. The van der Waals surface area contributed by atoms with Gasteiger partial charge in [0.05, 0.1) is 6.61 Å². The molecule has 0 saturated heterocycles. The average molecular weight is 230 g/mol. The van der Waals surface area contributed by atoms with Crippen molar-refractivity contribution >= 4 is 12.0 Å². The standard InChI is InChI=1S/C10H18N2O4/c1-3-4-5-6-12(2)10(16)11-8(7-13)9(14)15/h3,8,13H,1,4-7H2,2H3,(H,11,16)(H,14,15)/t8-/m1/s1. The lowest BCUT2D eigenvalue weighted by Crippen LogP contribution is -2.48. The van der Waals surface area contributed by atoms with Crippen LogP contribution in [0.2, 0.25) is 0 Å². The zero-order chi connectivity index (χ0) is 12.6. The van der Waals surface area contributed by atoms with Gasteiger partial charge in [-0.25, -0.2) is 9.59 Å². The van der Waals surface area contributed by atoms with Gasteiger partial charge in [-0.05, 0) is 12.8 Å². The molecule has 0 rings (SSSR count). The minimum atomic E-state index is -1.26. The summed E-state index contributed by atoms with van der Waals surface area (Å²) >= 11 is 0. The Labute approximate surface area is 94.6 Å². The molecule has 0 unspecified atom stereocenters. The molecular weight excluding hydrogens is 212 g/mol. The van der Waals surface area contributed by atoms with Crippen molar-refractivity contribution in [1.82, 2.24) is 10.2 Å². The number of hydrogen-bond donors (Lipinski definition) is 3. The van der Waals surface area contributed by atoms with E-state index in [4.69, 9.17) is 10.2 Å². The number of carboxylic acid groups (broad SMARTS) is 1. The summed E-state index contributed by atoms with van der Waals surface area (Å²) in [6.07, 6.45) is 3.31. The van der Waals surface area contributed by atoms with Gasteiger partial charge in [-0.3, -0.25) is 0 Å². The molecule has 6 nitrogen and oxygen atoms in total. The lowest BCUT2D eigenvalue weighted by molar-refractivity contribution is -0.140. The van der Waals surface area contributed by atoms with Gasteiger partial charge in [0.15, 0.2) is 6.04 Å². The number of carboxylic acids is 1. The maximum atomic E-state index is 11.4. The predicted molar refractivity (Wildman–Crippen MR) is 59.1 cm³/mol. The normalized spacial score (nSPS) is 11.6. The van der Waals surface area contributed by atoms with E-state index in [1.54, 1.807) is 13.1 Å². The van der Waals surface area contributed by atoms with Gasteiger partial charge in [0.25, 0.3) is 0 Å². The van der Waals surface area contributed by atoms with Crippen molar-refractivity contribution in [1.29, 1.82) is 0 Å². The fourth-order valence-electron chi connectivity index (χ4n) is 1.02. The number of carbonyl (C=O) groups excluding carboxylic acids is 1. The highest BCUT2D eigenvalue weighted by atomic mass is 16.4. The zero-order valence-corrected chi connectivity index (χ0v) is 9.35. The fourth-order valence-corrected chi connectivity index (χ4v) is 1.02. The van der Waals surface area contributed by atoms with E-state index in [0.29, 0.717) is 6.54 Å². The van der Waals surface area contributed by atoms with Crippen LogP contribution in [0.4, 0.5) is 4.79 Å². The predicted octanol–water partition coefficient (Wildman–Crippen LogP) is 0.0395. The number of rotatable bonds is 7. The van der Waals surface area contributed by atoms with E-state index in [1.165, 1.54) is 4.90 Å². The molecule has 92 valence electrons. The van der Waals surface area contributed by atoms with Crippen LogP contribution < -0.4 is 5.32 Å². The summed E-state index contributed by atoms with van der Waals surface area (Å²) in [5.41, 5.74) is 0. The van der Waals surface area contributed by atoms with Crippen molar-refractivity contribution in [3.05, 3.63) is 12.7 Å². The average Bonchev–Trinajstić information content (AvgIpc) is 2.25. The van der Waals surface area contributed by atoms with Crippen LogP contribution in [0.3, 0.4) is 0 Å². The molecule has 0 spiro atoms. The van der Waals surface area contributed by atoms with Crippen molar-refractivity contribution in [3.63, 3.8) is 0 Å². The molecule has 2 amide bonds. The Bertz CT molecular complexity index is 255. The molecule has 0 aliphatic carbocycles. The van der Waals surface area contributed by atoms with E-state index in [1.807, 2.05) is 0 Å². The molecule has 6 heteroatoms. The van der Waals surface area contributed by atoms with E-state index >= 15 is 0 Å². The smallest absolute Gasteiger partial charge is 0.328 e. The number of hydrogen-bond acceptors (Lipinski definition) is 3. The number of carbonyl (C=O) groups is 2. The van der Waals surface area contributed by atoms with Gasteiger partial charge in [0.2, 0.25) is 0 Å². The van der Waals surface area contributed by atoms with Crippen LogP contribution in [0.15, 0.2) is 12.7 Å². The van der Waals surface area contributed by atoms with Gasteiger partial charge in [-0.1, -0.05) is 6.08 Å². The van der Waals surface area contributed by atoms with Gasteiger partial charge >= 0.3 is 12.0 Å². The molecule has 3 N–H and O–H groups in total. The second-order valence-electron chi connectivity index (χ2n) is 3.38. The van der Waals surface area contributed by atoms with Gasteiger partial charge in [0, 0.05) is 13.6 Å². The third-order valence-corrected chi connectivity index (χ3v) is 2.03. The largest absolute Gasteiger partial charge is 0.480 e. The Kier molecular flexibility index (Phi) is 6.95. The van der Waals surface area contributed by atoms with Crippen LogP contribution in [0.1, 0.15) is 12.8 Å². The highest BCUT2D eigenvalue weighted by Gasteiger charge is 2.20. The van der Waals surface area contributed by atoms with Crippen molar-refractivity contribution < 1.29 is 19.8 Å². The molecule has 0 aliphatic heterocycles. The Morgan fingerprint density at radius 1 is 1.56 bits per heavy atom. The number of aliphatic hydroxyl groups is 1. The van der Waals surface area contributed by atoms with Crippen LogP contribution in [-0.4, -0.2) is 53.4 Å². The van der Waals surface area contributed by atoms with Crippen LogP contribution in [0.25, 0.3) is 0 Å². The molecule has 0 aromatic rings. The number of nitrogens with zero attached hydrogens (tertiary/aromatic N) is 1. The molecule has 0 aromatic carbocycles. The molecule has 16 heavy (non-hydrogen) atoms. The first-order chi connectivity index (χ1) is 7.52. The first kappa shape index (κ1) is 14.4. The second kappa shape index (κ2) is 7.70. The van der Waals surface area contributed by atoms with E-state index in [0.717, 1.165) is 12.8 Å². The molecule has 0 saturated carbocycles. The summed E-state index contributed by atoms with van der Waals surface area (Å²) in [5, 5.41) is 19.5. The topological polar surface area (TPSA) is 89.9 Å². The summed E-state index contributed by atoms with van der Waals surface area (Å²) in [6.45, 7) is 3.44. The number of allylic oxidation sites excluding steroid dienone is 1. The summed E-state index contributed by atoms with van der Waals surface area (Å²) in [5.74, 6) is -1.25. The van der Waals surface area contributed by atoms with Crippen molar-refractivity contribution in [2.45, 2.75) is 18.9 Å². The first-order valence-corrected chi connectivity index (χ1v) is 4.99. The van der Waals surface area contributed by atoms with Crippen LogP contribution in [0, 0.1) is 0 Å². The number of amides is 2. The van der Waals surface area contributed by atoms with Gasteiger partial charge in [-0.15, -0.1) is 6.58 Å². The molecule has 0 bridgehead atoms. The number of urea groups is 1. The highest BCUT2D eigenvalue weighted by molar-refractivity contribution is 5.82. The number of aliphatic hydroxyl groups excluding tert-OH is 1. The molecule has 0 fully saturated rings. The second-order valence-corrected chi connectivity index (χ2v) is 3.38. The van der Waals surface area contributed by atoms with E-state index in [9.17, 15) is 9.59 Å². The van der Waals surface area contributed by atoms with E-state index in [2.05, 4.69) is 11.9 Å². The van der Waals surface area contributed by atoms with E-state index < -0.39 is 24.6 Å². The summed E-state index contributed by atoms with van der Waals surface area (Å²) < 4.78 is 0. The Morgan fingerprint density at radius 2 is 2.19 bits per heavy atom. The SMILES string of the molecule is C=CCCCN(C)C(=O)N[C@H](CO)C(=O)O. The van der Waals surface area contributed by atoms with Crippen molar-refractivity contribution in [3.8, 4) is 0 Å². The maximum absolute atomic E-state index is 11.4. The minimum Gasteiger partial charge on any atom is -0.480 e. The van der Waals surface area contributed by atoms with Gasteiger partial charge in [-0.2, -0.15) is 0 Å². The fraction of sp³-hybridized carbons (Fsp3) is 0.600.